The third kappa shape index (κ3) is 5.10. The van der Waals surface area contributed by atoms with Crippen LogP contribution < -0.4 is 10.2 Å². The highest BCUT2D eigenvalue weighted by Crippen LogP contribution is 2.34. The van der Waals surface area contributed by atoms with Crippen molar-refractivity contribution in [2.75, 3.05) is 36.4 Å². The molecule has 1 aromatic carbocycles. The van der Waals surface area contributed by atoms with E-state index in [-0.39, 0.29) is 47.8 Å². The number of amides is 1. The monoisotopic (exact) mass is 476 g/mol. The second kappa shape index (κ2) is 8.64. The summed E-state index contributed by atoms with van der Waals surface area (Å²) in [7, 11) is -3.84. The fourth-order valence-corrected chi connectivity index (χ4v) is 5.22. The Morgan fingerprint density at radius 2 is 1.81 bits per heavy atom. The molecule has 0 atom stereocenters. The summed E-state index contributed by atoms with van der Waals surface area (Å²) < 4.78 is 66.0. The van der Waals surface area contributed by atoms with E-state index >= 15 is 0 Å². The van der Waals surface area contributed by atoms with E-state index in [2.05, 4.69) is 10.3 Å². The highest BCUT2D eigenvalue weighted by molar-refractivity contribution is 7.89. The molecule has 1 amide bonds. The summed E-state index contributed by atoms with van der Waals surface area (Å²) in [6.07, 6.45) is -3.84. The van der Waals surface area contributed by atoms with Crippen LogP contribution in [-0.4, -0.2) is 49.8 Å². The van der Waals surface area contributed by atoms with Gasteiger partial charge >= 0.3 is 6.18 Å². The van der Waals surface area contributed by atoms with Crippen LogP contribution in [0.1, 0.15) is 18.1 Å². The molecule has 0 spiro atoms. The molecular formula is C19H20ClF3N4O3S. The van der Waals surface area contributed by atoms with Crippen LogP contribution in [0.25, 0.3) is 0 Å². The van der Waals surface area contributed by atoms with Gasteiger partial charge in [0.2, 0.25) is 15.9 Å². The first-order valence-electron chi connectivity index (χ1n) is 9.25. The molecule has 0 bridgehead atoms. The topological polar surface area (TPSA) is 82.6 Å². The number of halogens is 4. The number of hydrogen-bond donors (Lipinski definition) is 1. The maximum absolute atomic E-state index is 13.1. The number of aromatic nitrogens is 1. The molecule has 12 heteroatoms. The molecule has 0 saturated carbocycles. The van der Waals surface area contributed by atoms with Crippen LogP contribution in [-0.2, 0) is 21.0 Å². The zero-order valence-corrected chi connectivity index (χ0v) is 18.3. The third-order valence-electron chi connectivity index (χ3n) is 4.81. The Morgan fingerprint density at radius 1 is 1.16 bits per heavy atom. The van der Waals surface area contributed by atoms with Gasteiger partial charge in [0.25, 0.3) is 0 Å². The minimum absolute atomic E-state index is 0.0814. The zero-order chi connectivity index (χ0) is 23.0. The van der Waals surface area contributed by atoms with Crippen molar-refractivity contribution in [1.29, 1.82) is 0 Å². The number of anilines is 2. The van der Waals surface area contributed by atoms with E-state index in [4.69, 9.17) is 11.6 Å². The number of benzene rings is 1. The van der Waals surface area contributed by atoms with Gasteiger partial charge in [-0.2, -0.15) is 17.5 Å². The van der Waals surface area contributed by atoms with E-state index in [9.17, 15) is 26.4 Å². The maximum Gasteiger partial charge on any atom is 0.417 e. The number of rotatable bonds is 4. The van der Waals surface area contributed by atoms with E-state index in [0.717, 1.165) is 6.07 Å². The van der Waals surface area contributed by atoms with Crippen molar-refractivity contribution in [2.24, 2.45) is 0 Å². The lowest BCUT2D eigenvalue weighted by Gasteiger charge is -2.35. The molecule has 1 fully saturated rings. The molecule has 1 saturated heterocycles. The van der Waals surface area contributed by atoms with Crippen LogP contribution in [0.4, 0.5) is 24.7 Å². The lowest BCUT2D eigenvalue weighted by molar-refractivity contribution is -0.137. The smallest absolute Gasteiger partial charge is 0.353 e. The summed E-state index contributed by atoms with van der Waals surface area (Å²) in [5, 5.41) is 2.42. The lowest BCUT2D eigenvalue weighted by atomic mass is 10.2. The van der Waals surface area contributed by atoms with Crippen molar-refractivity contribution < 1.29 is 26.4 Å². The highest BCUT2D eigenvalue weighted by atomic mass is 35.5. The number of carbonyl (C=O) groups is 1. The fourth-order valence-electron chi connectivity index (χ4n) is 3.26. The number of sulfonamides is 1. The molecule has 2 aromatic rings. The SMILES string of the molecule is CC(=O)Nc1ccc(C)c(S(=O)(=O)N2CCN(c3ncc(C(F)(F)F)cc3Cl)CC2)c1. The zero-order valence-electron chi connectivity index (χ0n) is 16.7. The molecule has 7 nitrogen and oxygen atoms in total. The van der Waals surface area contributed by atoms with Gasteiger partial charge < -0.3 is 10.2 Å². The van der Waals surface area contributed by atoms with Crippen molar-refractivity contribution in [1.82, 2.24) is 9.29 Å². The molecule has 1 N–H and O–H groups in total. The number of piperazine rings is 1. The van der Waals surface area contributed by atoms with Crippen LogP contribution >= 0.6 is 11.6 Å². The summed E-state index contributed by atoms with van der Waals surface area (Å²) in [6.45, 7) is 3.61. The average molecular weight is 477 g/mol. The Kier molecular flexibility index (Phi) is 6.49. The highest BCUT2D eigenvalue weighted by Gasteiger charge is 2.34. The average Bonchev–Trinajstić information content (AvgIpc) is 2.68. The van der Waals surface area contributed by atoms with Gasteiger partial charge in [0.1, 0.15) is 5.82 Å². The van der Waals surface area contributed by atoms with Gasteiger partial charge in [-0.1, -0.05) is 17.7 Å². The number of aryl methyl sites for hydroxylation is 1. The number of pyridine rings is 1. The summed E-state index contributed by atoms with van der Waals surface area (Å²) in [4.78, 5) is 16.8. The molecule has 31 heavy (non-hydrogen) atoms. The van der Waals surface area contributed by atoms with Crippen molar-refractivity contribution >= 4 is 39.0 Å². The van der Waals surface area contributed by atoms with E-state index < -0.39 is 21.8 Å². The first-order valence-corrected chi connectivity index (χ1v) is 11.1. The van der Waals surface area contributed by atoms with Crippen molar-refractivity contribution in [3.63, 3.8) is 0 Å². The molecule has 0 radical (unpaired) electrons. The van der Waals surface area contributed by atoms with Crippen LogP contribution in [0.2, 0.25) is 5.02 Å². The molecule has 0 aliphatic carbocycles. The molecule has 1 aliphatic rings. The Morgan fingerprint density at radius 3 is 2.35 bits per heavy atom. The van der Waals surface area contributed by atoms with Crippen molar-refractivity contribution in [3.8, 4) is 0 Å². The van der Waals surface area contributed by atoms with Crippen LogP contribution in [0.5, 0.6) is 0 Å². The van der Waals surface area contributed by atoms with Gasteiger partial charge in [0.05, 0.1) is 15.5 Å². The Labute approximate surface area is 182 Å². The summed E-state index contributed by atoms with van der Waals surface area (Å²) in [6, 6.07) is 5.45. The standard InChI is InChI=1S/C19H20ClF3N4O3S/c1-12-3-4-15(25-13(2)28)10-17(12)31(29,30)27-7-5-26(6-8-27)18-16(20)9-14(11-24-18)19(21,22)23/h3-4,9-11H,5-8H2,1-2H3,(H,25,28). The summed E-state index contributed by atoms with van der Waals surface area (Å²) >= 11 is 6.00. The van der Waals surface area contributed by atoms with Gasteiger partial charge in [0, 0.05) is 45.0 Å². The second-order valence-electron chi connectivity index (χ2n) is 7.08. The first-order chi connectivity index (χ1) is 14.4. The third-order valence-corrected chi connectivity index (χ3v) is 7.13. The summed E-state index contributed by atoms with van der Waals surface area (Å²) in [5.74, 6) is -0.141. The maximum atomic E-state index is 13.1. The largest absolute Gasteiger partial charge is 0.417 e. The minimum Gasteiger partial charge on any atom is -0.353 e. The normalized spacial score (nSPS) is 15.7. The van der Waals surface area contributed by atoms with Gasteiger partial charge in [-0.15, -0.1) is 0 Å². The van der Waals surface area contributed by atoms with Gasteiger partial charge in [0.15, 0.2) is 0 Å². The lowest BCUT2D eigenvalue weighted by Crippen LogP contribution is -2.49. The van der Waals surface area contributed by atoms with Crippen molar-refractivity contribution in [3.05, 3.63) is 46.6 Å². The Hall–Kier alpha value is -2.37. The molecular weight excluding hydrogens is 457 g/mol. The van der Waals surface area contributed by atoms with Gasteiger partial charge in [-0.3, -0.25) is 4.79 Å². The molecule has 2 heterocycles. The predicted octanol–water partition coefficient (Wildman–Crippen LogP) is 3.53. The number of alkyl halides is 3. The number of nitrogens with one attached hydrogen (secondary N) is 1. The quantitative estimate of drug-likeness (QED) is 0.730. The van der Waals surface area contributed by atoms with E-state index in [1.807, 2.05) is 0 Å². The minimum atomic E-state index is -4.55. The summed E-state index contributed by atoms with van der Waals surface area (Å²) in [5.41, 5.74) is -0.0444. The number of carbonyl (C=O) groups excluding carboxylic acids is 1. The molecule has 3 rings (SSSR count). The van der Waals surface area contributed by atoms with E-state index in [0.29, 0.717) is 17.4 Å². The molecule has 1 aromatic heterocycles. The molecule has 168 valence electrons. The fraction of sp³-hybridized carbons (Fsp3) is 0.368. The van der Waals surface area contributed by atoms with E-state index in [1.165, 1.54) is 17.3 Å². The van der Waals surface area contributed by atoms with E-state index in [1.54, 1.807) is 24.0 Å². The van der Waals surface area contributed by atoms with Crippen LogP contribution in [0, 0.1) is 6.92 Å². The van der Waals surface area contributed by atoms with Gasteiger partial charge in [-0.05, 0) is 30.7 Å². The second-order valence-corrected chi connectivity index (χ2v) is 9.39. The first kappa shape index (κ1) is 23.3. The van der Waals surface area contributed by atoms with Crippen LogP contribution in [0.3, 0.4) is 0 Å². The number of hydrogen-bond acceptors (Lipinski definition) is 5. The number of nitrogens with zero attached hydrogens (tertiary/aromatic N) is 3. The van der Waals surface area contributed by atoms with Crippen molar-refractivity contribution in [2.45, 2.75) is 24.9 Å². The van der Waals surface area contributed by atoms with Crippen LogP contribution in [0.15, 0.2) is 35.4 Å². The Bertz CT molecular complexity index is 1100. The molecule has 1 aliphatic heterocycles. The van der Waals surface area contributed by atoms with Gasteiger partial charge in [-0.25, -0.2) is 13.4 Å². The predicted molar refractivity (Wildman–Crippen MR) is 111 cm³/mol. The molecule has 0 unspecified atom stereocenters. The Balaban J connectivity index is 1.77.